The van der Waals surface area contributed by atoms with Gasteiger partial charge in [0.05, 0.1) is 31.8 Å². The summed E-state index contributed by atoms with van der Waals surface area (Å²) >= 11 is 1.65. The zero-order valence-corrected chi connectivity index (χ0v) is 20.5. The molecule has 0 radical (unpaired) electrons. The second-order valence-electron chi connectivity index (χ2n) is 8.54. The number of carbonyl (C=O) groups excluding carboxylic acids is 1. The number of amides is 1. The second-order valence-corrected chi connectivity index (χ2v) is 9.47. The Labute approximate surface area is 204 Å². The van der Waals surface area contributed by atoms with Crippen LogP contribution in [0.25, 0.3) is 0 Å². The van der Waals surface area contributed by atoms with Crippen molar-refractivity contribution in [3.05, 3.63) is 52.8 Å². The minimum absolute atomic E-state index is 0.0340. The molecule has 9 nitrogen and oxygen atoms in total. The number of rotatable bonds is 6. The van der Waals surface area contributed by atoms with Gasteiger partial charge in [-0.1, -0.05) is 11.8 Å². The molecule has 2 N–H and O–H groups in total. The van der Waals surface area contributed by atoms with Crippen LogP contribution in [0.4, 0.5) is 11.4 Å². The van der Waals surface area contributed by atoms with Gasteiger partial charge >= 0.3 is 0 Å². The van der Waals surface area contributed by atoms with E-state index in [9.17, 15) is 4.79 Å². The van der Waals surface area contributed by atoms with E-state index in [1.54, 1.807) is 38.4 Å². The molecule has 3 aliphatic heterocycles. The Morgan fingerprint density at radius 2 is 1.82 bits per heavy atom. The molecule has 0 saturated carbocycles. The number of piperazine rings is 1. The molecule has 34 heavy (non-hydrogen) atoms. The molecule has 1 unspecified atom stereocenters. The lowest BCUT2D eigenvalue weighted by Crippen LogP contribution is -2.44. The molecular formula is C24H30N6O3S. The van der Waals surface area contributed by atoms with Crippen molar-refractivity contribution in [3.63, 3.8) is 0 Å². The van der Waals surface area contributed by atoms with Gasteiger partial charge in [-0.2, -0.15) is 0 Å². The standard InChI is InChI=1S/C24H30N6O3S/c1-28-20(23(31)27-18-12-26-5-4-19(18)29-8-6-25-7-9-29)15-34-24(28)30-13-16-10-21(32-2)22(33-3)11-17(16)14-30/h4-5,10-12,15,24-25H,6-9,13-14H2,1-3H3,(H,27,31). The number of fused-ring (bicyclic) bond motifs is 1. The number of anilines is 2. The minimum atomic E-state index is -0.123. The van der Waals surface area contributed by atoms with Gasteiger partial charge in [-0.3, -0.25) is 14.7 Å². The van der Waals surface area contributed by atoms with Gasteiger partial charge in [0, 0.05) is 57.9 Å². The summed E-state index contributed by atoms with van der Waals surface area (Å²) in [6.07, 6.45) is 3.50. The monoisotopic (exact) mass is 482 g/mol. The van der Waals surface area contributed by atoms with Crippen LogP contribution >= 0.6 is 11.8 Å². The van der Waals surface area contributed by atoms with Gasteiger partial charge in [0.15, 0.2) is 11.5 Å². The van der Waals surface area contributed by atoms with E-state index in [0.29, 0.717) is 5.70 Å². The Bertz CT molecular complexity index is 1070. The summed E-state index contributed by atoms with van der Waals surface area (Å²) in [5, 5.41) is 8.41. The maximum absolute atomic E-state index is 13.3. The molecule has 1 aromatic heterocycles. The molecule has 4 heterocycles. The lowest BCUT2D eigenvalue weighted by Gasteiger charge is -2.32. The third-order valence-corrected chi connectivity index (χ3v) is 7.73. The topological polar surface area (TPSA) is 82.2 Å². The normalized spacial score (nSPS) is 20.2. The Morgan fingerprint density at radius 1 is 1.15 bits per heavy atom. The number of hydrogen-bond acceptors (Lipinski definition) is 9. The zero-order chi connectivity index (χ0) is 23.7. The number of methoxy groups -OCH3 is 2. The predicted octanol–water partition coefficient (Wildman–Crippen LogP) is 2.27. The van der Waals surface area contributed by atoms with E-state index < -0.39 is 0 Å². The van der Waals surface area contributed by atoms with Crippen LogP contribution in [-0.2, 0) is 17.9 Å². The Hall–Kier alpha value is -2.95. The fourth-order valence-corrected chi connectivity index (χ4v) is 5.86. The van der Waals surface area contributed by atoms with Crippen LogP contribution in [0.2, 0.25) is 0 Å². The van der Waals surface area contributed by atoms with E-state index >= 15 is 0 Å². The summed E-state index contributed by atoms with van der Waals surface area (Å²) in [5.74, 6) is 1.36. The highest BCUT2D eigenvalue weighted by Gasteiger charge is 2.36. The van der Waals surface area contributed by atoms with Crippen molar-refractivity contribution in [1.82, 2.24) is 20.1 Å². The van der Waals surface area contributed by atoms with E-state index in [4.69, 9.17) is 9.47 Å². The molecule has 180 valence electrons. The lowest BCUT2D eigenvalue weighted by atomic mass is 10.1. The highest BCUT2D eigenvalue weighted by atomic mass is 32.2. The van der Waals surface area contributed by atoms with Gasteiger partial charge in [-0.05, 0) is 29.3 Å². The van der Waals surface area contributed by atoms with Crippen molar-refractivity contribution in [3.8, 4) is 11.5 Å². The van der Waals surface area contributed by atoms with Crippen LogP contribution in [0.15, 0.2) is 41.7 Å². The molecule has 5 rings (SSSR count). The van der Waals surface area contributed by atoms with Crippen LogP contribution in [0.5, 0.6) is 11.5 Å². The van der Waals surface area contributed by atoms with Gasteiger partial charge in [-0.15, -0.1) is 0 Å². The smallest absolute Gasteiger partial charge is 0.272 e. The van der Waals surface area contributed by atoms with Crippen LogP contribution in [0, 0.1) is 0 Å². The maximum atomic E-state index is 13.3. The second kappa shape index (κ2) is 9.73. The zero-order valence-electron chi connectivity index (χ0n) is 19.7. The van der Waals surface area contributed by atoms with Gasteiger partial charge in [0.25, 0.3) is 5.91 Å². The number of benzene rings is 1. The molecular weight excluding hydrogens is 452 g/mol. The van der Waals surface area contributed by atoms with E-state index in [1.807, 2.05) is 23.4 Å². The first kappa shape index (κ1) is 22.8. The van der Waals surface area contributed by atoms with Crippen molar-refractivity contribution in [2.45, 2.75) is 18.6 Å². The summed E-state index contributed by atoms with van der Waals surface area (Å²) in [7, 11) is 5.28. The molecule has 1 saturated heterocycles. The Morgan fingerprint density at radius 3 is 2.47 bits per heavy atom. The van der Waals surface area contributed by atoms with Gasteiger partial charge in [0.1, 0.15) is 11.2 Å². The number of aromatic nitrogens is 1. The van der Waals surface area contributed by atoms with Crippen molar-refractivity contribution in [1.29, 1.82) is 0 Å². The van der Waals surface area contributed by atoms with E-state index in [1.165, 1.54) is 11.1 Å². The van der Waals surface area contributed by atoms with Crippen LogP contribution in [0.3, 0.4) is 0 Å². The van der Waals surface area contributed by atoms with Gasteiger partial charge in [-0.25, -0.2) is 0 Å². The molecule has 0 bridgehead atoms. The average molecular weight is 483 g/mol. The summed E-state index contributed by atoms with van der Waals surface area (Å²) in [5.41, 5.74) is 4.88. The van der Waals surface area contributed by atoms with Crippen molar-refractivity contribution >= 4 is 29.0 Å². The van der Waals surface area contributed by atoms with Gasteiger partial charge < -0.3 is 29.9 Å². The van der Waals surface area contributed by atoms with E-state index in [2.05, 4.69) is 37.6 Å². The summed E-state index contributed by atoms with van der Waals surface area (Å²) in [4.78, 5) is 24.2. The number of nitrogens with zero attached hydrogens (tertiary/aromatic N) is 4. The highest BCUT2D eigenvalue weighted by molar-refractivity contribution is 8.02. The number of likely N-dealkylation sites (N-methyl/N-ethyl adjacent to an activating group) is 1. The van der Waals surface area contributed by atoms with Crippen molar-refractivity contribution in [2.75, 3.05) is 57.7 Å². The highest BCUT2D eigenvalue weighted by Crippen LogP contribution is 2.40. The fraction of sp³-hybridized carbons (Fsp3) is 0.417. The summed E-state index contributed by atoms with van der Waals surface area (Å²) in [6, 6.07) is 6.07. The largest absolute Gasteiger partial charge is 0.493 e. The minimum Gasteiger partial charge on any atom is -0.493 e. The van der Waals surface area contributed by atoms with E-state index in [-0.39, 0.29) is 11.4 Å². The maximum Gasteiger partial charge on any atom is 0.272 e. The Balaban J connectivity index is 1.26. The number of ether oxygens (including phenoxy) is 2. The first-order valence-electron chi connectivity index (χ1n) is 11.4. The van der Waals surface area contributed by atoms with Crippen LogP contribution in [0.1, 0.15) is 11.1 Å². The fourth-order valence-electron chi connectivity index (χ4n) is 4.72. The molecule has 0 aliphatic carbocycles. The first-order chi connectivity index (χ1) is 16.6. The van der Waals surface area contributed by atoms with E-state index in [0.717, 1.165) is 62.1 Å². The van der Waals surface area contributed by atoms with Crippen molar-refractivity contribution in [2.24, 2.45) is 0 Å². The van der Waals surface area contributed by atoms with Crippen molar-refractivity contribution < 1.29 is 14.3 Å². The molecule has 1 amide bonds. The molecule has 3 aliphatic rings. The molecule has 1 atom stereocenters. The SMILES string of the molecule is COc1cc2c(cc1OC)CN(C1SC=C(C(=O)Nc3cnccc3N3CCNCC3)N1C)C2. The number of nitrogens with one attached hydrogen (secondary N) is 2. The number of hydrogen-bond donors (Lipinski definition) is 2. The summed E-state index contributed by atoms with van der Waals surface area (Å²) < 4.78 is 10.9. The predicted molar refractivity (Wildman–Crippen MR) is 134 cm³/mol. The van der Waals surface area contributed by atoms with Crippen LogP contribution < -0.4 is 25.0 Å². The van der Waals surface area contributed by atoms with Crippen LogP contribution in [-0.4, -0.2) is 73.6 Å². The molecule has 1 fully saturated rings. The van der Waals surface area contributed by atoms with Gasteiger partial charge in [0.2, 0.25) is 0 Å². The number of carbonyl (C=O) groups is 1. The quantitative estimate of drug-likeness (QED) is 0.644. The molecule has 1 aromatic carbocycles. The lowest BCUT2D eigenvalue weighted by molar-refractivity contribution is -0.114. The molecule has 10 heteroatoms. The summed E-state index contributed by atoms with van der Waals surface area (Å²) in [6.45, 7) is 5.24. The third kappa shape index (κ3) is 4.28. The molecule has 0 spiro atoms. The number of thioether (sulfide) groups is 1. The number of pyridine rings is 1. The third-order valence-electron chi connectivity index (χ3n) is 6.51. The Kier molecular flexibility index (Phi) is 6.53. The first-order valence-corrected chi connectivity index (χ1v) is 12.3. The average Bonchev–Trinajstić information content (AvgIpc) is 3.46. The molecule has 2 aromatic rings.